The first-order valence-corrected chi connectivity index (χ1v) is 7.80. The average Bonchev–Trinajstić information content (AvgIpc) is 2.82. The number of rotatable bonds is 1. The Balaban J connectivity index is 2.35. The van der Waals surface area contributed by atoms with Gasteiger partial charge in [0.1, 0.15) is 0 Å². The van der Waals surface area contributed by atoms with Crippen LogP contribution in [0.3, 0.4) is 0 Å². The molecule has 0 spiro atoms. The topological polar surface area (TPSA) is 121 Å². The molecule has 1 saturated carbocycles. The lowest BCUT2D eigenvalue weighted by Gasteiger charge is -2.47. The molecule has 1 saturated heterocycles. The van der Waals surface area contributed by atoms with Crippen molar-refractivity contribution >= 4 is 21.8 Å². The highest BCUT2D eigenvalue weighted by Gasteiger charge is 2.76. The minimum absolute atomic E-state index is 0.310. The highest BCUT2D eigenvalue weighted by Crippen LogP contribution is 2.63. The van der Waals surface area contributed by atoms with Gasteiger partial charge in [-0.2, -0.15) is 15.8 Å². The van der Waals surface area contributed by atoms with Crippen LogP contribution in [0.2, 0.25) is 0 Å². The number of amides is 1. The van der Waals surface area contributed by atoms with Gasteiger partial charge in [-0.25, -0.2) is 0 Å². The van der Waals surface area contributed by atoms with Gasteiger partial charge in [0.15, 0.2) is 16.6 Å². The van der Waals surface area contributed by atoms with E-state index in [1.807, 2.05) is 18.2 Å². The van der Waals surface area contributed by atoms with E-state index in [1.54, 1.807) is 30.3 Å². The zero-order valence-electron chi connectivity index (χ0n) is 11.8. The van der Waals surface area contributed by atoms with E-state index in [2.05, 4.69) is 21.2 Å². The Hall–Kier alpha value is -2.40. The maximum Gasteiger partial charge on any atom is 0.245 e. The molecular formula is C16H11BrN4O2. The number of fused-ring (bicyclic) bond motifs is 2. The SMILES string of the molecule is N#CC1(C#N)[C@H](c2ccccc2)[C@H](Br)[C@]2(O)C[C@]1(C#N)C(=O)N2. The fourth-order valence-corrected chi connectivity index (χ4v) is 4.67. The number of carbonyl (C=O) groups excluding carboxylic acids is 1. The van der Waals surface area contributed by atoms with E-state index in [1.165, 1.54) is 0 Å². The van der Waals surface area contributed by atoms with Crippen LogP contribution >= 0.6 is 15.9 Å². The lowest BCUT2D eigenvalue weighted by atomic mass is 9.51. The first-order chi connectivity index (χ1) is 10.9. The highest BCUT2D eigenvalue weighted by atomic mass is 79.9. The molecule has 6 nitrogen and oxygen atoms in total. The number of nitrogens with one attached hydrogen (secondary N) is 1. The van der Waals surface area contributed by atoms with Crippen LogP contribution in [0, 0.1) is 44.8 Å². The van der Waals surface area contributed by atoms with Gasteiger partial charge >= 0.3 is 0 Å². The largest absolute Gasteiger partial charge is 0.370 e. The monoisotopic (exact) mass is 370 g/mol. The fourth-order valence-electron chi connectivity index (χ4n) is 3.69. The van der Waals surface area contributed by atoms with Crippen molar-refractivity contribution in [2.24, 2.45) is 10.8 Å². The number of aliphatic hydroxyl groups is 1. The summed E-state index contributed by atoms with van der Waals surface area (Å²) in [6, 6.07) is 14.4. The summed E-state index contributed by atoms with van der Waals surface area (Å²) in [7, 11) is 0. The number of carbonyl (C=O) groups is 1. The molecule has 2 fully saturated rings. The van der Waals surface area contributed by atoms with Crippen LogP contribution in [0.5, 0.6) is 0 Å². The van der Waals surface area contributed by atoms with Crippen LogP contribution in [0.4, 0.5) is 0 Å². The molecule has 0 unspecified atom stereocenters. The third-order valence-corrected chi connectivity index (χ3v) is 6.13. The van der Waals surface area contributed by atoms with E-state index in [0.717, 1.165) is 0 Å². The van der Waals surface area contributed by atoms with Crippen molar-refractivity contribution in [3.05, 3.63) is 35.9 Å². The molecule has 1 amide bonds. The van der Waals surface area contributed by atoms with E-state index in [-0.39, 0.29) is 6.42 Å². The number of halogens is 1. The number of nitriles is 3. The van der Waals surface area contributed by atoms with Gasteiger partial charge in [-0.05, 0) is 5.56 Å². The summed E-state index contributed by atoms with van der Waals surface area (Å²) < 4.78 is 0. The number of nitrogens with zero attached hydrogens (tertiary/aromatic N) is 3. The van der Waals surface area contributed by atoms with Gasteiger partial charge in [-0.15, -0.1) is 0 Å². The van der Waals surface area contributed by atoms with Crippen LogP contribution in [0.15, 0.2) is 30.3 Å². The van der Waals surface area contributed by atoms with Crippen molar-refractivity contribution in [3.63, 3.8) is 0 Å². The summed E-state index contributed by atoms with van der Waals surface area (Å²) in [6.07, 6.45) is -0.310. The molecule has 114 valence electrons. The molecule has 2 aliphatic rings. The van der Waals surface area contributed by atoms with Crippen molar-refractivity contribution in [2.45, 2.75) is 22.9 Å². The van der Waals surface area contributed by atoms with Crippen molar-refractivity contribution in [1.29, 1.82) is 15.8 Å². The van der Waals surface area contributed by atoms with Gasteiger partial charge in [0.05, 0.1) is 23.0 Å². The number of hydrogen-bond acceptors (Lipinski definition) is 5. The van der Waals surface area contributed by atoms with Gasteiger partial charge in [-0.1, -0.05) is 46.3 Å². The first kappa shape index (κ1) is 15.5. The molecule has 1 aromatic carbocycles. The number of benzene rings is 1. The average molecular weight is 371 g/mol. The Bertz CT molecular complexity index is 792. The molecular weight excluding hydrogens is 360 g/mol. The lowest BCUT2D eigenvalue weighted by molar-refractivity contribution is -0.128. The molecule has 0 radical (unpaired) electrons. The summed E-state index contributed by atoms with van der Waals surface area (Å²) in [5, 5.41) is 42.4. The van der Waals surface area contributed by atoms with Crippen molar-refractivity contribution < 1.29 is 9.90 Å². The van der Waals surface area contributed by atoms with Crippen LogP contribution in [0.1, 0.15) is 17.9 Å². The van der Waals surface area contributed by atoms with Crippen molar-refractivity contribution in [1.82, 2.24) is 5.32 Å². The van der Waals surface area contributed by atoms with Gasteiger partial charge in [0.25, 0.3) is 0 Å². The van der Waals surface area contributed by atoms with Crippen LogP contribution in [-0.4, -0.2) is 21.6 Å². The molecule has 3 rings (SSSR count). The predicted octanol–water partition coefficient (Wildman–Crippen LogP) is 1.30. The minimum Gasteiger partial charge on any atom is -0.370 e. The predicted molar refractivity (Wildman–Crippen MR) is 81.3 cm³/mol. The van der Waals surface area contributed by atoms with Gasteiger partial charge in [-0.3, -0.25) is 4.79 Å². The minimum atomic E-state index is -1.92. The Morgan fingerprint density at radius 3 is 2.30 bits per heavy atom. The van der Waals surface area contributed by atoms with Crippen LogP contribution in [0.25, 0.3) is 0 Å². The van der Waals surface area contributed by atoms with Crippen molar-refractivity contribution in [2.75, 3.05) is 0 Å². The summed E-state index contributed by atoms with van der Waals surface area (Å²) >= 11 is 3.36. The van der Waals surface area contributed by atoms with Crippen molar-refractivity contribution in [3.8, 4) is 18.2 Å². The zero-order valence-corrected chi connectivity index (χ0v) is 13.4. The summed E-state index contributed by atoms with van der Waals surface area (Å²) in [5.41, 5.74) is -4.92. The lowest BCUT2D eigenvalue weighted by Crippen LogP contribution is -2.58. The quantitative estimate of drug-likeness (QED) is 0.721. The van der Waals surface area contributed by atoms with Gasteiger partial charge in [0, 0.05) is 12.3 Å². The molecule has 2 bridgehead atoms. The summed E-state index contributed by atoms with van der Waals surface area (Å²) in [5.74, 6) is -1.63. The zero-order chi connectivity index (χ0) is 16.9. The molecule has 1 aliphatic heterocycles. The Morgan fingerprint density at radius 1 is 1.17 bits per heavy atom. The number of hydrogen-bond donors (Lipinski definition) is 2. The highest BCUT2D eigenvalue weighted by molar-refractivity contribution is 9.09. The molecule has 1 heterocycles. The third kappa shape index (κ3) is 1.65. The second-order valence-corrected chi connectivity index (χ2v) is 6.88. The normalized spacial score (nSPS) is 37.1. The molecule has 23 heavy (non-hydrogen) atoms. The Labute approximate surface area is 141 Å². The summed E-state index contributed by atoms with van der Waals surface area (Å²) in [6.45, 7) is 0. The second-order valence-electron chi connectivity index (χ2n) is 5.89. The Morgan fingerprint density at radius 2 is 1.78 bits per heavy atom. The van der Waals surface area contributed by atoms with Gasteiger partial charge in [0.2, 0.25) is 5.91 Å². The molecule has 1 aromatic rings. The molecule has 2 N–H and O–H groups in total. The van der Waals surface area contributed by atoms with E-state index >= 15 is 0 Å². The fraction of sp³-hybridized carbons (Fsp3) is 0.375. The number of alkyl halides is 1. The third-order valence-electron chi connectivity index (χ3n) is 4.84. The van der Waals surface area contributed by atoms with Gasteiger partial charge < -0.3 is 10.4 Å². The van der Waals surface area contributed by atoms with E-state index < -0.39 is 33.2 Å². The Kier molecular flexibility index (Phi) is 3.23. The standard InChI is InChI=1S/C16H11BrN4O2/c17-12-11(10-4-2-1-3-5-10)15(8-19,9-20)14(7-18)6-16(12,23)21-13(14)22/h1-5,11-12,23H,6H2,(H,21,22)/t11-,12+,14+,16-/m1/s1. The second kappa shape index (κ2) is 4.80. The smallest absolute Gasteiger partial charge is 0.245 e. The van der Waals surface area contributed by atoms with Crippen LogP contribution < -0.4 is 5.32 Å². The molecule has 1 aliphatic carbocycles. The summed E-state index contributed by atoms with van der Waals surface area (Å²) in [4.78, 5) is 11.7. The van der Waals surface area contributed by atoms with E-state index in [9.17, 15) is 25.7 Å². The first-order valence-electron chi connectivity index (χ1n) is 6.88. The molecule has 7 heteroatoms. The van der Waals surface area contributed by atoms with Crippen LogP contribution in [-0.2, 0) is 4.79 Å². The van der Waals surface area contributed by atoms with E-state index in [0.29, 0.717) is 5.56 Å². The maximum atomic E-state index is 12.5. The van der Waals surface area contributed by atoms with E-state index in [4.69, 9.17) is 0 Å². The molecule has 4 atom stereocenters. The molecule has 0 aromatic heterocycles. The maximum absolute atomic E-state index is 12.5.